The van der Waals surface area contributed by atoms with Gasteiger partial charge in [0.05, 0.1) is 6.10 Å². The van der Waals surface area contributed by atoms with Crippen molar-refractivity contribution < 1.29 is 5.11 Å². The van der Waals surface area contributed by atoms with Crippen LogP contribution in [0.2, 0.25) is 0 Å². The van der Waals surface area contributed by atoms with E-state index in [2.05, 4.69) is 26.8 Å². The zero-order chi connectivity index (χ0) is 24.8. The molecular formula is C35H58O. The summed E-state index contributed by atoms with van der Waals surface area (Å²) in [6.45, 7) is 7.40. The van der Waals surface area contributed by atoms with E-state index in [1.165, 1.54) is 103 Å². The molecule has 0 radical (unpaired) electrons. The minimum absolute atomic E-state index is 0.0355. The SMILES string of the molecule is CCC1CCCCC1CCC(C)C1CCC2=CCC3C(C4CCC(C)C(O)C4)CCC4CCC1C2C43. The van der Waals surface area contributed by atoms with Crippen LogP contribution in [-0.4, -0.2) is 11.2 Å². The van der Waals surface area contributed by atoms with E-state index >= 15 is 0 Å². The summed E-state index contributed by atoms with van der Waals surface area (Å²) < 4.78 is 0. The molecule has 204 valence electrons. The topological polar surface area (TPSA) is 20.2 Å². The van der Waals surface area contributed by atoms with Crippen molar-refractivity contribution in [3.05, 3.63) is 11.6 Å². The van der Waals surface area contributed by atoms with E-state index in [0.717, 1.165) is 71.5 Å². The van der Waals surface area contributed by atoms with Gasteiger partial charge in [-0.15, -0.1) is 0 Å². The molecule has 5 saturated carbocycles. The fraction of sp³-hybridized carbons (Fsp3) is 0.943. The Bertz CT molecular complexity index is 769. The van der Waals surface area contributed by atoms with Gasteiger partial charge in [0.25, 0.3) is 0 Å². The van der Waals surface area contributed by atoms with Crippen LogP contribution in [0.4, 0.5) is 0 Å². The van der Waals surface area contributed by atoms with E-state index in [1.54, 1.807) is 0 Å². The Morgan fingerprint density at radius 2 is 1.61 bits per heavy atom. The van der Waals surface area contributed by atoms with Gasteiger partial charge in [0, 0.05) is 0 Å². The molecular weight excluding hydrogens is 436 g/mol. The van der Waals surface area contributed by atoms with E-state index in [0.29, 0.717) is 5.92 Å². The van der Waals surface area contributed by atoms with Crippen molar-refractivity contribution in [1.82, 2.24) is 0 Å². The Balaban J connectivity index is 1.15. The molecule has 0 aromatic rings. The second-order valence-corrected chi connectivity index (χ2v) is 15.1. The first-order chi connectivity index (χ1) is 17.5. The molecule has 13 unspecified atom stereocenters. The van der Waals surface area contributed by atoms with Gasteiger partial charge in [0.15, 0.2) is 0 Å². The molecule has 0 aromatic heterocycles. The summed E-state index contributed by atoms with van der Waals surface area (Å²) in [5.74, 6) is 11.1. The highest BCUT2D eigenvalue weighted by Crippen LogP contribution is 2.63. The highest BCUT2D eigenvalue weighted by molar-refractivity contribution is 5.22. The van der Waals surface area contributed by atoms with E-state index in [1.807, 2.05) is 5.57 Å². The van der Waals surface area contributed by atoms with E-state index in [4.69, 9.17) is 0 Å². The van der Waals surface area contributed by atoms with Gasteiger partial charge in [0.2, 0.25) is 0 Å². The molecule has 0 spiro atoms. The summed E-state index contributed by atoms with van der Waals surface area (Å²) in [5.41, 5.74) is 1.92. The van der Waals surface area contributed by atoms with Gasteiger partial charge >= 0.3 is 0 Å². The van der Waals surface area contributed by atoms with Gasteiger partial charge in [-0.25, -0.2) is 0 Å². The Labute approximate surface area is 223 Å². The Kier molecular flexibility index (Phi) is 7.97. The molecule has 0 saturated heterocycles. The second-order valence-electron chi connectivity index (χ2n) is 15.1. The van der Waals surface area contributed by atoms with Gasteiger partial charge in [0.1, 0.15) is 0 Å². The van der Waals surface area contributed by atoms with Crippen molar-refractivity contribution in [2.24, 2.45) is 71.0 Å². The number of hydrogen-bond donors (Lipinski definition) is 1. The van der Waals surface area contributed by atoms with Gasteiger partial charge < -0.3 is 5.11 Å². The third-order valence-electron chi connectivity index (χ3n) is 13.7. The summed E-state index contributed by atoms with van der Waals surface area (Å²) in [5, 5.41) is 10.7. The zero-order valence-corrected chi connectivity index (χ0v) is 24.1. The van der Waals surface area contributed by atoms with E-state index < -0.39 is 0 Å². The summed E-state index contributed by atoms with van der Waals surface area (Å²) in [6, 6.07) is 0. The molecule has 0 aliphatic heterocycles. The normalized spacial score (nSPS) is 49.6. The van der Waals surface area contributed by atoms with Crippen molar-refractivity contribution in [3.63, 3.8) is 0 Å². The van der Waals surface area contributed by atoms with E-state index in [-0.39, 0.29) is 6.10 Å². The minimum Gasteiger partial charge on any atom is -0.393 e. The monoisotopic (exact) mass is 494 g/mol. The van der Waals surface area contributed by atoms with Crippen LogP contribution in [-0.2, 0) is 0 Å². The largest absolute Gasteiger partial charge is 0.393 e. The van der Waals surface area contributed by atoms with Crippen molar-refractivity contribution in [1.29, 1.82) is 0 Å². The van der Waals surface area contributed by atoms with Crippen molar-refractivity contribution in [3.8, 4) is 0 Å². The fourth-order valence-corrected chi connectivity index (χ4v) is 11.7. The Hall–Kier alpha value is -0.300. The predicted molar refractivity (Wildman–Crippen MR) is 151 cm³/mol. The minimum atomic E-state index is -0.0355. The molecule has 0 amide bonds. The number of rotatable bonds is 6. The third kappa shape index (κ3) is 4.79. The maximum Gasteiger partial charge on any atom is 0.0568 e. The van der Waals surface area contributed by atoms with Crippen LogP contribution in [0.25, 0.3) is 0 Å². The van der Waals surface area contributed by atoms with Crippen LogP contribution in [0.15, 0.2) is 11.6 Å². The lowest BCUT2D eigenvalue weighted by Crippen LogP contribution is -2.52. The first-order valence-corrected chi connectivity index (χ1v) is 16.9. The molecule has 0 heterocycles. The molecule has 0 aromatic carbocycles. The van der Waals surface area contributed by atoms with Crippen molar-refractivity contribution in [2.45, 2.75) is 136 Å². The summed E-state index contributed by atoms with van der Waals surface area (Å²) >= 11 is 0. The number of aliphatic hydroxyl groups excluding tert-OH is 1. The lowest BCUT2D eigenvalue weighted by atomic mass is 9.45. The quantitative estimate of drug-likeness (QED) is 0.364. The van der Waals surface area contributed by atoms with Gasteiger partial charge in [-0.2, -0.15) is 0 Å². The molecule has 1 N–H and O–H groups in total. The van der Waals surface area contributed by atoms with Crippen LogP contribution >= 0.6 is 0 Å². The van der Waals surface area contributed by atoms with Gasteiger partial charge in [-0.05, 0) is 142 Å². The molecule has 6 aliphatic carbocycles. The summed E-state index contributed by atoms with van der Waals surface area (Å²) in [6.07, 6.45) is 27.3. The highest BCUT2D eigenvalue weighted by Gasteiger charge is 2.54. The molecule has 6 aliphatic rings. The Morgan fingerprint density at radius 1 is 0.861 bits per heavy atom. The van der Waals surface area contributed by atoms with Gasteiger partial charge in [-0.1, -0.05) is 70.9 Å². The van der Waals surface area contributed by atoms with Crippen LogP contribution in [0, 0.1) is 71.0 Å². The van der Waals surface area contributed by atoms with Crippen molar-refractivity contribution in [2.75, 3.05) is 0 Å². The second kappa shape index (κ2) is 11.1. The van der Waals surface area contributed by atoms with Crippen LogP contribution in [0.5, 0.6) is 0 Å². The van der Waals surface area contributed by atoms with Crippen LogP contribution in [0.1, 0.15) is 130 Å². The van der Waals surface area contributed by atoms with Crippen LogP contribution in [0.3, 0.4) is 0 Å². The summed E-state index contributed by atoms with van der Waals surface area (Å²) in [4.78, 5) is 0. The third-order valence-corrected chi connectivity index (χ3v) is 13.7. The molecule has 1 heteroatoms. The molecule has 36 heavy (non-hydrogen) atoms. The first-order valence-electron chi connectivity index (χ1n) is 16.9. The molecule has 5 fully saturated rings. The standard InChI is InChI=1S/C35H58O/c1-4-24-7-5-6-8-25(24)11-9-22(2)29-17-13-26-16-20-32-30(28-12-10-23(3)33(36)21-28)18-14-27-15-19-31(29)34(26)35(27)32/h16,22-25,27-36H,4-15,17-21H2,1-3H3. The number of allylic oxidation sites excluding steroid dienone is 2. The molecule has 6 rings (SSSR count). The number of hydrogen-bond acceptors (Lipinski definition) is 1. The average Bonchev–Trinajstić information content (AvgIpc) is 2.91. The zero-order valence-electron chi connectivity index (χ0n) is 24.1. The maximum absolute atomic E-state index is 10.7. The number of aliphatic hydroxyl groups is 1. The van der Waals surface area contributed by atoms with Crippen LogP contribution < -0.4 is 0 Å². The first kappa shape index (κ1) is 26.0. The lowest BCUT2D eigenvalue weighted by molar-refractivity contribution is -0.0742. The lowest BCUT2D eigenvalue weighted by Gasteiger charge is -2.60. The maximum atomic E-state index is 10.7. The highest BCUT2D eigenvalue weighted by atomic mass is 16.3. The van der Waals surface area contributed by atoms with E-state index in [9.17, 15) is 5.11 Å². The fourth-order valence-electron chi connectivity index (χ4n) is 11.7. The summed E-state index contributed by atoms with van der Waals surface area (Å²) in [7, 11) is 0. The molecule has 1 nitrogen and oxygen atoms in total. The van der Waals surface area contributed by atoms with Gasteiger partial charge in [-0.3, -0.25) is 0 Å². The Morgan fingerprint density at radius 3 is 2.39 bits per heavy atom. The molecule has 0 bridgehead atoms. The van der Waals surface area contributed by atoms with Crippen molar-refractivity contribution >= 4 is 0 Å². The molecule has 13 atom stereocenters. The smallest absolute Gasteiger partial charge is 0.0568 e. The average molecular weight is 495 g/mol. The predicted octanol–water partition coefficient (Wildman–Crippen LogP) is 9.44.